The quantitative estimate of drug-likeness (QED) is 0.808. The van der Waals surface area contributed by atoms with Crippen molar-refractivity contribution in [2.45, 2.75) is 16.4 Å². The van der Waals surface area contributed by atoms with Crippen molar-refractivity contribution in [2.75, 3.05) is 13.2 Å². The summed E-state index contributed by atoms with van der Waals surface area (Å²) < 4.78 is 5.27. The zero-order valence-electron chi connectivity index (χ0n) is 10.1. The minimum atomic E-state index is 0.0714. The molecule has 0 aliphatic carbocycles. The van der Waals surface area contributed by atoms with Gasteiger partial charge in [0.1, 0.15) is 0 Å². The van der Waals surface area contributed by atoms with Crippen molar-refractivity contribution in [2.24, 2.45) is 0 Å². The lowest BCUT2D eigenvalue weighted by atomic mass is 10.2. The fourth-order valence-corrected chi connectivity index (χ4v) is 2.37. The van der Waals surface area contributed by atoms with Gasteiger partial charge in [0.25, 0.3) is 0 Å². The van der Waals surface area contributed by atoms with Crippen molar-refractivity contribution in [1.29, 1.82) is 0 Å². The van der Waals surface area contributed by atoms with Gasteiger partial charge in [-0.2, -0.15) is 0 Å². The molecule has 0 radical (unpaired) electrons. The van der Waals surface area contributed by atoms with Crippen molar-refractivity contribution in [3.05, 3.63) is 60.2 Å². The van der Waals surface area contributed by atoms with Crippen molar-refractivity contribution in [3.8, 4) is 0 Å². The molecule has 2 rings (SSSR count). The molecule has 2 aromatic rings. The molecule has 2 nitrogen and oxygen atoms in total. The van der Waals surface area contributed by atoms with E-state index in [4.69, 9.17) is 9.84 Å². The lowest BCUT2D eigenvalue weighted by Gasteiger charge is -2.05. The van der Waals surface area contributed by atoms with E-state index in [1.165, 1.54) is 9.79 Å². The summed E-state index contributed by atoms with van der Waals surface area (Å²) in [6, 6.07) is 18.6. The summed E-state index contributed by atoms with van der Waals surface area (Å²) in [5.74, 6) is 0. The smallest absolute Gasteiger partial charge is 0.0718 e. The van der Waals surface area contributed by atoms with E-state index in [2.05, 4.69) is 36.4 Å². The maximum atomic E-state index is 8.62. The molecule has 0 aromatic heterocycles. The number of aliphatic hydroxyl groups excluding tert-OH is 1. The summed E-state index contributed by atoms with van der Waals surface area (Å²) in [5, 5.41) is 8.62. The van der Waals surface area contributed by atoms with Crippen molar-refractivity contribution < 1.29 is 9.84 Å². The van der Waals surface area contributed by atoms with Crippen molar-refractivity contribution >= 4 is 11.8 Å². The monoisotopic (exact) mass is 260 g/mol. The second-order valence-electron chi connectivity index (χ2n) is 3.84. The van der Waals surface area contributed by atoms with Gasteiger partial charge in [0, 0.05) is 9.79 Å². The molecule has 0 bridgehead atoms. The van der Waals surface area contributed by atoms with Gasteiger partial charge in [-0.1, -0.05) is 42.1 Å². The molecule has 0 amide bonds. The SMILES string of the molecule is OCCOCc1ccc(Sc2ccccc2)cc1. The van der Waals surface area contributed by atoms with Crippen LogP contribution in [0.3, 0.4) is 0 Å². The van der Waals surface area contributed by atoms with E-state index in [-0.39, 0.29) is 6.61 Å². The molecule has 0 fully saturated rings. The van der Waals surface area contributed by atoms with Gasteiger partial charge in [-0.25, -0.2) is 0 Å². The maximum absolute atomic E-state index is 8.62. The fraction of sp³-hybridized carbons (Fsp3) is 0.200. The van der Waals surface area contributed by atoms with Gasteiger partial charge in [-0.15, -0.1) is 0 Å². The Morgan fingerprint density at radius 3 is 2.22 bits per heavy atom. The highest BCUT2D eigenvalue weighted by molar-refractivity contribution is 7.99. The molecule has 2 aromatic carbocycles. The van der Waals surface area contributed by atoms with Crippen LogP contribution in [-0.2, 0) is 11.3 Å². The largest absolute Gasteiger partial charge is 0.394 e. The Balaban J connectivity index is 1.91. The van der Waals surface area contributed by atoms with E-state index in [9.17, 15) is 0 Å². The Morgan fingerprint density at radius 2 is 1.56 bits per heavy atom. The molecule has 94 valence electrons. The van der Waals surface area contributed by atoms with Crippen LogP contribution in [0.25, 0.3) is 0 Å². The first-order chi connectivity index (χ1) is 8.88. The molecule has 0 aliphatic heterocycles. The summed E-state index contributed by atoms with van der Waals surface area (Å²) in [6.07, 6.45) is 0. The highest BCUT2D eigenvalue weighted by atomic mass is 32.2. The van der Waals surface area contributed by atoms with Crippen LogP contribution >= 0.6 is 11.8 Å². The Bertz CT molecular complexity index is 454. The van der Waals surface area contributed by atoms with Crippen LogP contribution in [0, 0.1) is 0 Å². The predicted molar refractivity (Wildman–Crippen MR) is 73.7 cm³/mol. The topological polar surface area (TPSA) is 29.5 Å². The van der Waals surface area contributed by atoms with Crippen LogP contribution in [0.1, 0.15) is 5.56 Å². The lowest BCUT2D eigenvalue weighted by molar-refractivity contribution is 0.0815. The molecular weight excluding hydrogens is 244 g/mol. The molecule has 3 heteroatoms. The standard InChI is InChI=1S/C15H16O2S/c16-10-11-17-12-13-6-8-15(9-7-13)18-14-4-2-1-3-5-14/h1-9,16H,10-12H2. The molecule has 0 saturated heterocycles. The van der Waals surface area contributed by atoms with Gasteiger partial charge in [-0.05, 0) is 29.8 Å². The molecular formula is C15H16O2S. The molecule has 0 aliphatic rings. The van der Waals surface area contributed by atoms with Crippen molar-refractivity contribution in [3.63, 3.8) is 0 Å². The number of aliphatic hydroxyl groups is 1. The van der Waals surface area contributed by atoms with Crippen LogP contribution in [0.15, 0.2) is 64.4 Å². The number of ether oxygens (including phenoxy) is 1. The summed E-state index contributed by atoms with van der Waals surface area (Å²) in [5.41, 5.74) is 1.13. The van der Waals surface area contributed by atoms with Crippen LogP contribution in [0.2, 0.25) is 0 Å². The lowest BCUT2D eigenvalue weighted by Crippen LogP contribution is -1.98. The summed E-state index contributed by atoms with van der Waals surface area (Å²) in [6.45, 7) is 1.01. The van der Waals surface area contributed by atoms with Gasteiger partial charge in [0.2, 0.25) is 0 Å². The minimum absolute atomic E-state index is 0.0714. The minimum Gasteiger partial charge on any atom is -0.394 e. The Hall–Kier alpha value is -1.29. The molecule has 0 atom stereocenters. The second kappa shape index (κ2) is 7.21. The number of benzene rings is 2. The Labute approximate surface area is 112 Å². The van der Waals surface area contributed by atoms with Gasteiger partial charge in [-0.3, -0.25) is 0 Å². The molecule has 1 N–H and O–H groups in total. The van der Waals surface area contributed by atoms with Crippen LogP contribution in [-0.4, -0.2) is 18.3 Å². The molecule has 0 spiro atoms. The predicted octanol–water partition coefficient (Wildman–Crippen LogP) is 3.35. The van der Waals surface area contributed by atoms with Gasteiger partial charge >= 0.3 is 0 Å². The molecule has 0 unspecified atom stereocenters. The number of rotatable bonds is 6. The molecule has 0 saturated carbocycles. The summed E-state index contributed by atoms with van der Waals surface area (Å²) >= 11 is 1.74. The average molecular weight is 260 g/mol. The van der Waals surface area contributed by atoms with Crippen LogP contribution < -0.4 is 0 Å². The molecule has 18 heavy (non-hydrogen) atoms. The Kier molecular flexibility index (Phi) is 5.27. The van der Waals surface area contributed by atoms with E-state index >= 15 is 0 Å². The summed E-state index contributed by atoms with van der Waals surface area (Å²) in [4.78, 5) is 2.45. The zero-order chi connectivity index (χ0) is 12.6. The first-order valence-electron chi connectivity index (χ1n) is 5.89. The van der Waals surface area contributed by atoms with Crippen molar-refractivity contribution in [1.82, 2.24) is 0 Å². The number of hydrogen-bond donors (Lipinski definition) is 1. The third-order valence-corrected chi connectivity index (χ3v) is 3.42. The van der Waals surface area contributed by atoms with E-state index in [1.807, 2.05) is 18.2 Å². The molecule has 0 heterocycles. The zero-order valence-corrected chi connectivity index (χ0v) is 10.9. The first kappa shape index (κ1) is 13.1. The van der Waals surface area contributed by atoms with Gasteiger partial charge in [0.15, 0.2) is 0 Å². The highest BCUT2D eigenvalue weighted by Crippen LogP contribution is 2.27. The van der Waals surface area contributed by atoms with Gasteiger partial charge < -0.3 is 9.84 Å². The van der Waals surface area contributed by atoms with E-state index < -0.39 is 0 Å². The van der Waals surface area contributed by atoms with Crippen LogP contribution in [0.5, 0.6) is 0 Å². The van der Waals surface area contributed by atoms with Gasteiger partial charge in [0.05, 0.1) is 19.8 Å². The maximum Gasteiger partial charge on any atom is 0.0718 e. The normalized spacial score (nSPS) is 10.5. The third-order valence-electron chi connectivity index (χ3n) is 2.41. The second-order valence-corrected chi connectivity index (χ2v) is 4.98. The fourth-order valence-electron chi connectivity index (χ4n) is 1.53. The Morgan fingerprint density at radius 1 is 0.889 bits per heavy atom. The average Bonchev–Trinajstić information content (AvgIpc) is 2.42. The summed E-state index contributed by atoms with van der Waals surface area (Å²) in [7, 11) is 0. The van der Waals surface area contributed by atoms with E-state index in [1.54, 1.807) is 11.8 Å². The highest BCUT2D eigenvalue weighted by Gasteiger charge is 1.97. The number of hydrogen-bond acceptors (Lipinski definition) is 3. The third kappa shape index (κ3) is 4.18. The first-order valence-corrected chi connectivity index (χ1v) is 6.70. The van der Waals surface area contributed by atoms with Crippen LogP contribution in [0.4, 0.5) is 0 Å². The van der Waals surface area contributed by atoms with E-state index in [0.717, 1.165) is 5.56 Å². The van der Waals surface area contributed by atoms with E-state index in [0.29, 0.717) is 13.2 Å².